The van der Waals surface area contributed by atoms with Gasteiger partial charge in [-0.1, -0.05) is 32.0 Å². The third-order valence-corrected chi connectivity index (χ3v) is 4.28. The molecule has 1 fully saturated rings. The lowest BCUT2D eigenvalue weighted by molar-refractivity contribution is -0.140. The molecule has 0 N–H and O–H groups in total. The van der Waals surface area contributed by atoms with Gasteiger partial charge in [0.15, 0.2) is 0 Å². The number of hydrogen-bond donors (Lipinski definition) is 0. The minimum atomic E-state index is 0.00297. The van der Waals surface area contributed by atoms with E-state index in [1.165, 1.54) is 0 Å². The van der Waals surface area contributed by atoms with Crippen molar-refractivity contribution < 1.29 is 14.3 Å². The summed E-state index contributed by atoms with van der Waals surface area (Å²) in [5.74, 6) is 0.988. The minimum absolute atomic E-state index is 0.00297. The van der Waals surface area contributed by atoms with Crippen molar-refractivity contribution in [1.82, 2.24) is 9.80 Å². The number of fused-ring (bicyclic) bond motifs is 1. The van der Waals surface area contributed by atoms with E-state index in [2.05, 4.69) is 0 Å². The molecule has 0 unspecified atom stereocenters. The van der Waals surface area contributed by atoms with Gasteiger partial charge in [0.1, 0.15) is 12.4 Å². The largest absolute Gasteiger partial charge is 0.488 e. The van der Waals surface area contributed by atoms with Crippen LogP contribution in [0.15, 0.2) is 29.8 Å². The van der Waals surface area contributed by atoms with Crippen molar-refractivity contribution in [2.75, 3.05) is 32.8 Å². The van der Waals surface area contributed by atoms with Gasteiger partial charge >= 0.3 is 0 Å². The van der Waals surface area contributed by atoms with Crippen LogP contribution in [-0.4, -0.2) is 54.4 Å². The monoisotopic (exact) mass is 314 g/mol. The molecule has 2 amide bonds. The molecule has 0 radical (unpaired) electrons. The van der Waals surface area contributed by atoms with Crippen molar-refractivity contribution in [2.24, 2.45) is 5.92 Å². The summed E-state index contributed by atoms with van der Waals surface area (Å²) in [6, 6.07) is 7.71. The van der Waals surface area contributed by atoms with E-state index in [9.17, 15) is 9.59 Å². The Labute approximate surface area is 136 Å². The van der Waals surface area contributed by atoms with Crippen LogP contribution in [0, 0.1) is 5.92 Å². The second kappa shape index (κ2) is 6.44. The SMILES string of the molecule is CC(C)C(=O)N1CCN(C(=O)C2=Cc3ccccc3OC2)CC1. The van der Waals surface area contributed by atoms with Crippen molar-refractivity contribution in [1.29, 1.82) is 0 Å². The Kier molecular flexibility index (Phi) is 4.37. The third-order valence-electron chi connectivity index (χ3n) is 4.28. The van der Waals surface area contributed by atoms with Crippen molar-refractivity contribution in [3.05, 3.63) is 35.4 Å². The lowest BCUT2D eigenvalue weighted by Gasteiger charge is -2.36. The second-order valence-corrected chi connectivity index (χ2v) is 6.27. The van der Waals surface area contributed by atoms with Crippen molar-refractivity contribution >= 4 is 17.9 Å². The van der Waals surface area contributed by atoms with Crippen LogP contribution in [-0.2, 0) is 9.59 Å². The highest BCUT2D eigenvalue weighted by atomic mass is 16.5. The van der Waals surface area contributed by atoms with Crippen LogP contribution in [0.3, 0.4) is 0 Å². The van der Waals surface area contributed by atoms with Crippen LogP contribution >= 0.6 is 0 Å². The van der Waals surface area contributed by atoms with E-state index in [1.807, 2.05) is 54.0 Å². The molecule has 1 saturated heterocycles. The molecule has 5 heteroatoms. The van der Waals surface area contributed by atoms with E-state index in [1.54, 1.807) is 0 Å². The molecule has 1 aromatic carbocycles. The standard InChI is InChI=1S/C18H22N2O3/c1-13(2)17(21)19-7-9-20(10-8-19)18(22)15-11-14-5-3-4-6-16(14)23-12-15/h3-6,11,13H,7-10,12H2,1-2H3. The highest BCUT2D eigenvalue weighted by Crippen LogP contribution is 2.26. The van der Waals surface area contributed by atoms with E-state index < -0.39 is 0 Å². The molecule has 2 aliphatic heterocycles. The summed E-state index contributed by atoms with van der Waals surface area (Å²) in [6.07, 6.45) is 1.91. The molecule has 0 aliphatic carbocycles. The topological polar surface area (TPSA) is 49.9 Å². The van der Waals surface area contributed by atoms with Gasteiger partial charge in [0.2, 0.25) is 5.91 Å². The number of amides is 2. The molecule has 0 aromatic heterocycles. The predicted molar refractivity (Wildman–Crippen MR) is 87.9 cm³/mol. The second-order valence-electron chi connectivity index (χ2n) is 6.27. The average Bonchev–Trinajstić information content (AvgIpc) is 2.60. The summed E-state index contributed by atoms with van der Waals surface area (Å²) in [5, 5.41) is 0. The molecule has 0 atom stereocenters. The summed E-state index contributed by atoms with van der Waals surface area (Å²) in [5.41, 5.74) is 1.61. The lowest BCUT2D eigenvalue weighted by Crippen LogP contribution is -2.52. The Morgan fingerprint density at radius 2 is 1.70 bits per heavy atom. The summed E-state index contributed by atoms with van der Waals surface area (Å²) in [7, 11) is 0. The summed E-state index contributed by atoms with van der Waals surface area (Å²) < 4.78 is 5.66. The normalized spacial score (nSPS) is 17.4. The molecule has 2 heterocycles. The van der Waals surface area contributed by atoms with E-state index in [0.29, 0.717) is 38.4 Å². The molecule has 5 nitrogen and oxygen atoms in total. The van der Waals surface area contributed by atoms with Gasteiger partial charge < -0.3 is 14.5 Å². The van der Waals surface area contributed by atoms with Crippen molar-refractivity contribution in [3.63, 3.8) is 0 Å². The molecule has 0 saturated carbocycles. The van der Waals surface area contributed by atoms with Crippen LogP contribution in [0.2, 0.25) is 0 Å². The Balaban J connectivity index is 1.65. The number of ether oxygens (including phenoxy) is 1. The van der Waals surface area contributed by atoms with E-state index >= 15 is 0 Å². The van der Waals surface area contributed by atoms with Crippen LogP contribution in [0.25, 0.3) is 6.08 Å². The van der Waals surface area contributed by atoms with E-state index in [4.69, 9.17) is 4.74 Å². The maximum atomic E-state index is 12.6. The Morgan fingerprint density at radius 3 is 2.39 bits per heavy atom. The molecule has 0 bridgehead atoms. The Bertz CT molecular complexity index is 643. The van der Waals surface area contributed by atoms with Crippen LogP contribution in [0.5, 0.6) is 5.75 Å². The molecule has 1 aromatic rings. The maximum Gasteiger partial charge on any atom is 0.253 e. The smallest absolute Gasteiger partial charge is 0.253 e. The number of carbonyl (C=O) groups is 2. The molecule has 0 spiro atoms. The fourth-order valence-corrected chi connectivity index (χ4v) is 2.94. The zero-order chi connectivity index (χ0) is 16.4. The lowest BCUT2D eigenvalue weighted by atomic mass is 10.1. The summed E-state index contributed by atoms with van der Waals surface area (Å²) in [4.78, 5) is 28.3. The van der Waals surface area contributed by atoms with Crippen molar-refractivity contribution in [2.45, 2.75) is 13.8 Å². The Morgan fingerprint density at radius 1 is 1.04 bits per heavy atom. The van der Waals surface area contributed by atoms with Crippen LogP contribution in [0.1, 0.15) is 19.4 Å². The number of rotatable bonds is 2. The fourth-order valence-electron chi connectivity index (χ4n) is 2.94. The molecule has 2 aliphatic rings. The summed E-state index contributed by atoms with van der Waals surface area (Å²) in [6.45, 7) is 6.48. The van der Waals surface area contributed by atoms with Gasteiger partial charge in [0.05, 0.1) is 5.57 Å². The minimum Gasteiger partial charge on any atom is -0.488 e. The number of benzene rings is 1. The van der Waals surface area contributed by atoms with Gasteiger partial charge in [-0.25, -0.2) is 0 Å². The third kappa shape index (κ3) is 3.23. The first-order chi connectivity index (χ1) is 11.1. The highest BCUT2D eigenvalue weighted by molar-refractivity contribution is 5.99. The zero-order valence-electron chi connectivity index (χ0n) is 13.6. The first-order valence-electron chi connectivity index (χ1n) is 8.06. The molecule has 3 rings (SSSR count). The number of carbonyl (C=O) groups excluding carboxylic acids is 2. The van der Waals surface area contributed by atoms with Gasteiger partial charge in [-0.2, -0.15) is 0 Å². The van der Waals surface area contributed by atoms with E-state index in [0.717, 1.165) is 11.3 Å². The first kappa shape index (κ1) is 15.6. The number of hydrogen-bond acceptors (Lipinski definition) is 3. The highest BCUT2D eigenvalue weighted by Gasteiger charge is 2.28. The molecular formula is C18H22N2O3. The van der Waals surface area contributed by atoms with Gasteiger partial charge in [-0.3, -0.25) is 9.59 Å². The maximum absolute atomic E-state index is 12.6. The van der Waals surface area contributed by atoms with Gasteiger partial charge in [0, 0.05) is 37.7 Å². The number of nitrogens with zero attached hydrogens (tertiary/aromatic N) is 2. The predicted octanol–water partition coefficient (Wildman–Crippen LogP) is 1.79. The van der Waals surface area contributed by atoms with Gasteiger partial charge in [-0.05, 0) is 12.1 Å². The first-order valence-corrected chi connectivity index (χ1v) is 8.06. The quantitative estimate of drug-likeness (QED) is 0.836. The van der Waals surface area contributed by atoms with Crippen LogP contribution in [0.4, 0.5) is 0 Å². The number of piperazine rings is 1. The average molecular weight is 314 g/mol. The molecular weight excluding hydrogens is 292 g/mol. The van der Waals surface area contributed by atoms with E-state index in [-0.39, 0.29) is 17.7 Å². The molecule has 122 valence electrons. The zero-order valence-corrected chi connectivity index (χ0v) is 13.6. The fraction of sp³-hybridized carbons (Fsp3) is 0.444. The Hall–Kier alpha value is -2.30. The summed E-state index contributed by atoms with van der Waals surface area (Å²) >= 11 is 0. The number of para-hydroxylation sites is 1. The van der Waals surface area contributed by atoms with Crippen LogP contribution < -0.4 is 4.74 Å². The molecule has 23 heavy (non-hydrogen) atoms. The van der Waals surface area contributed by atoms with Crippen molar-refractivity contribution in [3.8, 4) is 5.75 Å². The van der Waals surface area contributed by atoms with Gasteiger partial charge in [0.25, 0.3) is 5.91 Å². The van der Waals surface area contributed by atoms with Gasteiger partial charge in [-0.15, -0.1) is 0 Å².